The number of benzene rings is 1. The van der Waals surface area contributed by atoms with Crippen molar-refractivity contribution in [3.8, 4) is 0 Å². The molecule has 1 saturated heterocycles. The molecule has 2 N–H and O–H groups in total. The molecule has 1 aromatic carbocycles. The van der Waals surface area contributed by atoms with E-state index in [-0.39, 0.29) is 0 Å². The van der Waals surface area contributed by atoms with Crippen LogP contribution in [0.25, 0.3) is 0 Å². The highest BCUT2D eigenvalue weighted by Gasteiger charge is 2.33. The molecule has 0 aliphatic carbocycles. The molecule has 0 amide bonds. The summed E-state index contributed by atoms with van der Waals surface area (Å²) in [5.74, 6) is 2.22. The number of nitrogens with zero attached hydrogens (tertiary/aromatic N) is 1. The van der Waals surface area contributed by atoms with Crippen LogP contribution in [-0.2, 0) is 6.54 Å². The number of likely N-dealkylation sites (tertiary alicyclic amines) is 1. The minimum Gasteiger partial charge on any atom is -0.330 e. The van der Waals surface area contributed by atoms with E-state index in [1.165, 1.54) is 18.7 Å². The Balaban J connectivity index is 1.79. The van der Waals surface area contributed by atoms with Gasteiger partial charge < -0.3 is 5.73 Å². The van der Waals surface area contributed by atoms with E-state index in [0.29, 0.717) is 11.8 Å². The maximum Gasteiger partial charge on any atom is 0.0233 e. The first kappa shape index (κ1) is 12.6. The molecule has 2 rings (SSSR count). The molecule has 0 bridgehead atoms. The number of nitrogens with two attached hydrogens (primary N) is 1. The van der Waals surface area contributed by atoms with Gasteiger partial charge in [-0.05, 0) is 29.9 Å². The second-order valence-corrected chi connectivity index (χ2v) is 5.58. The van der Waals surface area contributed by atoms with Crippen molar-refractivity contribution in [2.75, 3.05) is 19.6 Å². The van der Waals surface area contributed by atoms with Crippen LogP contribution in [0.15, 0.2) is 30.3 Å². The molecule has 1 aliphatic rings. The van der Waals surface area contributed by atoms with E-state index >= 15 is 0 Å². The molecule has 0 radical (unpaired) electrons. The summed E-state index contributed by atoms with van der Waals surface area (Å²) in [5.41, 5.74) is 7.28. The normalized spacial score (nSPS) is 19.3. The monoisotopic (exact) mass is 232 g/mol. The zero-order valence-corrected chi connectivity index (χ0v) is 11.0. The summed E-state index contributed by atoms with van der Waals surface area (Å²) in [6.45, 7) is 8.94. The van der Waals surface area contributed by atoms with Crippen molar-refractivity contribution in [3.05, 3.63) is 35.9 Å². The third-order valence-corrected chi connectivity index (χ3v) is 3.97. The van der Waals surface area contributed by atoms with E-state index in [1.54, 1.807) is 0 Å². The molecular formula is C15H24N2. The quantitative estimate of drug-likeness (QED) is 0.844. The van der Waals surface area contributed by atoms with E-state index in [9.17, 15) is 0 Å². The molecule has 0 spiro atoms. The molecule has 1 atom stereocenters. The van der Waals surface area contributed by atoms with Crippen LogP contribution in [-0.4, -0.2) is 24.5 Å². The fourth-order valence-corrected chi connectivity index (χ4v) is 2.86. The van der Waals surface area contributed by atoms with Gasteiger partial charge in [0.15, 0.2) is 0 Å². The fraction of sp³-hybridized carbons (Fsp3) is 0.600. The number of hydrogen-bond donors (Lipinski definition) is 1. The molecule has 94 valence electrons. The van der Waals surface area contributed by atoms with Crippen LogP contribution in [0.4, 0.5) is 0 Å². The van der Waals surface area contributed by atoms with Crippen LogP contribution in [0.2, 0.25) is 0 Å². The van der Waals surface area contributed by atoms with E-state index < -0.39 is 0 Å². The number of hydrogen-bond acceptors (Lipinski definition) is 2. The van der Waals surface area contributed by atoms with Crippen molar-refractivity contribution < 1.29 is 0 Å². The van der Waals surface area contributed by atoms with Gasteiger partial charge in [-0.2, -0.15) is 0 Å². The molecular weight excluding hydrogens is 208 g/mol. The topological polar surface area (TPSA) is 29.3 Å². The van der Waals surface area contributed by atoms with E-state index in [2.05, 4.69) is 49.1 Å². The summed E-state index contributed by atoms with van der Waals surface area (Å²) in [4.78, 5) is 2.52. The molecule has 1 fully saturated rings. The minimum absolute atomic E-state index is 0.696. The van der Waals surface area contributed by atoms with Crippen LogP contribution >= 0.6 is 0 Å². The van der Waals surface area contributed by atoms with Crippen molar-refractivity contribution in [3.63, 3.8) is 0 Å². The first-order valence-corrected chi connectivity index (χ1v) is 6.67. The van der Waals surface area contributed by atoms with Gasteiger partial charge in [0.25, 0.3) is 0 Å². The summed E-state index contributed by atoms with van der Waals surface area (Å²) in [5, 5.41) is 0. The van der Waals surface area contributed by atoms with Gasteiger partial charge in [0.05, 0.1) is 0 Å². The zero-order chi connectivity index (χ0) is 12.3. The second-order valence-electron chi connectivity index (χ2n) is 5.58. The average molecular weight is 232 g/mol. The van der Waals surface area contributed by atoms with Crippen LogP contribution in [0.5, 0.6) is 0 Å². The van der Waals surface area contributed by atoms with Crippen LogP contribution < -0.4 is 5.73 Å². The molecule has 17 heavy (non-hydrogen) atoms. The zero-order valence-electron chi connectivity index (χ0n) is 11.0. The van der Waals surface area contributed by atoms with Gasteiger partial charge in [-0.15, -0.1) is 0 Å². The van der Waals surface area contributed by atoms with Crippen LogP contribution in [0.3, 0.4) is 0 Å². The summed E-state index contributed by atoms with van der Waals surface area (Å²) in [6, 6.07) is 10.7. The number of rotatable bonds is 5. The lowest BCUT2D eigenvalue weighted by atomic mass is 9.79. The predicted octanol–water partition coefficient (Wildman–Crippen LogP) is 2.35. The Labute approximate surface area is 105 Å². The Bertz CT molecular complexity index is 328. The van der Waals surface area contributed by atoms with Crippen LogP contribution in [0.1, 0.15) is 19.4 Å². The lowest BCUT2D eigenvalue weighted by molar-refractivity contribution is 0.0368. The highest BCUT2D eigenvalue weighted by molar-refractivity contribution is 5.14. The predicted molar refractivity (Wildman–Crippen MR) is 72.6 cm³/mol. The third kappa shape index (κ3) is 3.08. The van der Waals surface area contributed by atoms with Crippen molar-refractivity contribution in [2.45, 2.75) is 20.4 Å². The van der Waals surface area contributed by atoms with Gasteiger partial charge >= 0.3 is 0 Å². The molecule has 1 aromatic rings. The van der Waals surface area contributed by atoms with Gasteiger partial charge in [-0.1, -0.05) is 44.2 Å². The van der Waals surface area contributed by atoms with E-state index in [1.807, 2.05) is 0 Å². The van der Waals surface area contributed by atoms with Gasteiger partial charge in [-0.25, -0.2) is 0 Å². The largest absolute Gasteiger partial charge is 0.330 e. The summed E-state index contributed by atoms with van der Waals surface area (Å²) in [6.07, 6.45) is 0. The standard InChI is InChI=1S/C15H24N2/c1-12(2)15(8-16)14-10-17(11-14)9-13-6-4-3-5-7-13/h3-7,12,14-15H,8-11,16H2,1-2H3. The molecule has 0 aromatic heterocycles. The highest BCUT2D eigenvalue weighted by atomic mass is 15.2. The summed E-state index contributed by atoms with van der Waals surface area (Å²) < 4.78 is 0. The Morgan fingerprint density at radius 3 is 2.41 bits per heavy atom. The molecule has 1 unspecified atom stereocenters. The van der Waals surface area contributed by atoms with Gasteiger partial charge in [0, 0.05) is 19.6 Å². The van der Waals surface area contributed by atoms with Gasteiger partial charge in [-0.3, -0.25) is 4.90 Å². The third-order valence-electron chi connectivity index (χ3n) is 3.97. The smallest absolute Gasteiger partial charge is 0.0233 e. The first-order valence-electron chi connectivity index (χ1n) is 6.67. The van der Waals surface area contributed by atoms with Gasteiger partial charge in [0.2, 0.25) is 0 Å². The Kier molecular flexibility index (Phi) is 4.19. The first-order chi connectivity index (χ1) is 8.20. The van der Waals surface area contributed by atoms with E-state index in [4.69, 9.17) is 5.73 Å². The van der Waals surface area contributed by atoms with Crippen LogP contribution in [0, 0.1) is 17.8 Å². The SMILES string of the molecule is CC(C)C(CN)C1CN(Cc2ccccc2)C1. The Morgan fingerprint density at radius 2 is 1.88 bits per heavy atom. The minimum atomic E-state index is 0.696. The molecule has 1 heterocycles. The van der Waals surface area contributed by atoms with Gasteiger partial charge in [0.1, 0.15) is 0 Å². The Morgan fingerprint density at radius 1 is 1.24 bits per heavy atom. The lowest BCUT2D eigenvalue weighted by Crippen LogP contribution is -2.51. The fourth-order valence-electron chi connectivity index (χ4n) is 2.86. The molecule has 0 saturated carbocycles. The van der Waals surface area contributed by atoms with Crippen molar-refractivity contribution in [1.29, 1.82) is 0 Å². The van der Waals surface area contributed by atoms with E-state index in [0.717, 1.165) is 19.0 Å². The summed E-state index contributed by atoms with van der Waals surface area (Å²) in [7, 11) is 0. The van der Waals surface area contributed by atoms with Crippen molar-refractivity contribution in [1.82, 2.24) is 4.90 Å². The van der Waals surface area contributed by atoms with Crippen molar-refractivity contribution >= 4 is 0 Å². The maximum absolute atomic E-state index is 5.86. The lowest BCUT2D eigenvalue weighted by Gasteiger charge is -2.44. The molecule has 1 aliphatic heterocycles. The Hall–Kier alpha value is -0.860. The summed E-state index contributed by atoms with van der Waals surface area (Å²) >= 11 is 0. The maximum atomic E-state index is 5.86. The molecule has 2 heteroatoms. The van der Waals surface area contributed by atoms with Crippen molar-refractivity contribution in [2.24, 2.45) is 23.5 Å². The molecule has 2 nitrogen and oxygen atoms in total. The average Bonchev–Trinajstić information content (AvgIpc) is 2.27. The second kappa shape index (κ2) is 5.65. The highest BCUT2D eigenvalue weighted by Crippen LogP contribution is 2.29.